The van der Waals surface area contributed by atoms with Crippen molar-refractivity contribution in [3.8, 4) is 0 Å². The first kappa shape index (κ1) is 10.5. The number of nitrogens with one attached hydrogen (secondary N) is 1. The van der Waals surface area contributed by atoms with Crippen molar-refractivity contribution in [1.29, 1.82) is 0 Å². The Morgan fingerprint density at radius 3 is 1.93 bits per heavy atom. The van der Waals surface area contributed by atoms with Gasteiger partial charge in [-0.05, 0) is 40.0 Å². The lowest BCUT2D eigenvalue weighted by Gasteiger charge is -2.66. The van der Waals surface area contributed by atoms with Gasteiger partial charge in [0, 0.05) is 5.54 Å². The Morgan fingerprint density at radius 2 is 1.60 bits per heavy atom. The van der Waals surface area contributed by atoms with E-state index in [4.69, 9.17) is 5.11 Å². The second-order valence-corrected chi connectivity index (χ2v) is 6.10. The predicted octanol–water partition coefficient (Wildman–Crippen LogP) is 1.16. The summed E-state index contributed by atoms with van der Waals surface area (Å²) in [7, 11) is 0. The van der Waals surface area contributed by atoms with Crippen molar-refractivity contribution in [1.82, 2.24) is 5.32 Å². The van der Waals surface area contributed by atoms with Gasteiger partial charge in [0.2, 0.25) is 5.91 Å². The number of carbonyl (C=O) groups is 2. The summed E-state index contributed by atoms with van der Waals surface area (Å²) in [5, 5.41) is 11.9. The van der Waals surface area contributed by atoms with Crippen molar-refractivity contribution in [3.05, 3.63) is 0 Å². The van der Waals surface area contributed by atoms with Crippen molar-refractivity contribution < 1.29 is 14.7 Å². The second kappa shape index (κ2) is 2.54. The molecule has 0 aliphatic heterocycles. The summed E-state index contributed by atoms with van der Waals surface area (Å²) in [5.74, 6) is -0.717. The maximum atomic E-state index is 11.9. The molecule has 4 heteroatoms. The standard InChI is InChI=1S/C11H17NO3/c1-9(2,3)12-7(13)10-4-11(5-10,6-10)8(14)15/h4-6H2,1-3H3,(H,12,13)(H,14,15). The fraction of sp³-hybridized carbons (Fsp3) is 0.818. The molecule has 0 atom stereocenters. The van der Waals surface area contributed by atoms with E-state index in [1.54, 1.807) is 0 Å². The van der Waals surface area contributed by atoms with Crippen LogP contribution in [0.25, 0.3) is 0 Å². The molecular weight excluding hydrogens is 194 g/mol. The largest absolute Gasteiger partial charge is 0.481 e. The average Bonchev–Trinajstić information content (AvgIpc) is 1.72. The third-order valence-corrected chi connectivity index (χ3v) is 3.45. The third kappa shape index (κ3) is 1.34. The van der Waals surface area contributed by atoms with Gasteiger partial charge in [0.15, 0.2) is 0 Å². The maximum Gasteiger partial charge on any atom is 0.309 e. The molecule has 0 aromatic rings. The number of amides is 1. The number of carboxylic acid groups (broad SMARTS) is 1. The monoisotopic (exact) mass is 211 g/mol. The molecule has 3 rings (SSSR count). The highest BCUT2D eigenvalue weighted by Gasteiger charge is 2.75. The fourth-order valence-electron chi connectivity index (χ4n) is 2.73. The number of carbonyl (C=O) groups excluding carboxylic acids is 1. The van der Waals surface area contributed by atoms with Crippen molar-refractivity contribution in [2.24, 2.45) is 10.8 Å². The minimum absolute atomic E-state index is 0.0260. The van der Waals surface area contributed by atoms with E-state index in [0.717, 1.165) is 0 Å². The lowest BCUT2D eigenvalue weighted by molar-refractivity contribution is -0.221. The topological polar surface area (TPSA) is 66.4 Å². The summed E-state index contributed by atoms with van der Waals surface area (Å²) >= 11 is 0. The summed E-state index contributed by atoms with van der Waals surface area (Å²) in [6.07, 6.45) is 1.58. The van der Waals surface area contributed by atoms with Gasteiger partial charge < -0.3 is 10.4 Å². The summed E-state index contributed by atoms with van der Waals surface area (Å²) < 4.78 is 0. The lowest BCUT2D eigenvalue weighted by atomic mass is 9.35. The van der Waals surface area contributed by atoms with E-state index in [1.165, 1.54) is 0 Å². The highest BCUT2D eigenvalue weighted by molar-refractivity contribution is 5.93. The van der Waals surface area contributed by atoms with Gasteiger partial charge in [0.25, 0.3) is 0 Å². The zero-order valence-electron chi connectivity index (χ0n) is 9.39. The molecule has 4 nitrogen and oxygen atoms in total. The van der Waals surface area contributed by atoms with E-state index >= 15 is 0 Å². The fourth-order valence-corrected chi connectivity index (χ4v) is 2.73. The molecule has 0 unspecified atom stereocenters. The van der Waals surface area contributed by atoms with Crippen LogP contribution in [0.4, 0.5) is 0 Å². The molecule has 15 heavy (non-hydrogen) atoms. The smallest absolute Gasteiger partial charge is 0.309 e. The minimum Gasteiger partial charge on any atom is -0.481 e. The van der Waals surface area contributed by atoms with Crippen LogP contribution in [0.3, 0.4) is 0 Å². The van der Waals surface area contributed by atoms with Crippen LogP contribution in [-0.2, 0) is 9.59 Å². The summed E-state index contributed by atoms with van der Waals surface area (Å²) in [6, 6.07) is 0. The van der Waals surface area contributed by atoms with Gasteiger partial charge in [0.1, 0.15) is 0 Å². The highest BCUT2D eigenvalue weighted by Crippen LogP contribution is 2.73. The average molecular weight is 211 g/mol. The number of carboxylic acids is 1. The maximum absolute atomic E-state index is 11.9. The van der Waals surface area contributed by atoms with Crippen LogP contribution in [0.2, 0.25) is 0 Å². The molecule has 84 valence electrons. The molecule has 3 saturated carbocycles. The van der Waals surface area contributed by atoms with Gasteiger partial charge in [-0.2, -0.15) is 0 Å². The third-order valence-electron chi connectivity index (χ3n) is 3.45. The molecule has 0 radical (unpaired) electrons. The van der Waals surface area contributed by atoms with Gasteiger partial charge in [-0.15, -0.1) is 0 Å². The van der Waals surface area contributed by atoms with Crippen molar-refractivity contribution in [2.45, 2.75) is 45.6 Å². The van der Waals surface area contributed by atoms with Crippen LogP contribution in [0.5, 0.6) is 0 Å². The number of hydrogen-bond acceptors (Lipinski definition) is 2. The summed E-state index contributed by atoms with van der Waals surface area (Å²) in [4.78, 5) is 22.7. The Hall–Kier alpha value is -1.06. The number of rotatable bonds is 2. The van der Waals surface area contributed by atoms with E-state index in [1.807, 2.05) is 20.8 Å². The van der Waals surface area contributed by atoms with Crippen LogP contribution in [0.15, 0.2) is 0 Å². The molecule has 0 saturated heterocycles. The molecular formula is C11H17NO3. The molecule has 2 bridgehead atoms. The van der Waals surface area contributed by atoms with E-state index < -0.39 is 11.4 Å². The predicted molar refractivity (Wildman–Crippen MR) is 54.2 cm³/mol. The quantitative estimate of drug-likeness (QED) is 0.720. The van der Waals surface area contributed by atoms with Crippen LogP contribution in [0, 0.1) is 10.8 Å². The Balaban J connectivity index is 1.96. The van der Waals surface area contributed by atoms with Gasteiger partial charge >= 0.3 is 5.97 Å². The Bertz CT molecular complexity index is 320. The summed E-state index contributed by atoms with van der Waals surface area (Å²) in [6.45, 7) is 5.80. The molecule has 1 amide bonds. The Labute approximate surface area is 89.0 Å². The van der Waals surface area contributed by atoms with E-state index in [9.17, 15) is 9.59 Å². The van der Waals surface area contributed by atoms with Gasteiger partial charge in [-0.25, -0.2) is 0 Å². The first-order valence-electron chi connectivity index (χ1n) is 5.25. The number of hydrogen-bond donors (Lipinski definition) is 2. The normalized spacial score (nSPS) is 37.5. The molecule has 2 N–H and O–H groups in total. The molecule has 3 aliphatic carbocycles. The first-order valence-corrected chi connectivity index (χ1v) is 5.25. The first-order chi connectivity index (χ1) is 6.69. The van der Waals surface area contributed by atoms with Crippen molar-refractivity contribution >= 4 is 11.9 Å². The van der Waals surface area contributed by atoms with Crippen LogP contribution in [0.1, 0.15) is 40.0 Å². The number of aliphatic carboxylic acids is 1. The Kier molecular flexibility index (Phi) is 1.77. The molecule has 0 heterocycles. The minimum atomic E-state index is -0.743. The van der Waals surface area contributed by atoms with Crippen molar-refractivity contribution in [3.63, 3.8) is 0 Å². The van der Waals surface area contributed by atoms with Gasteiger partial charge in [-0.3, -0.25) is 9.59 Å². The van der Waals surface area contributed by atoms with Crippen LogP contribution < -0.4 is 5.32 Å². The molecule has 0 aromatic carbocycles. The SMILES string of the molecule is CC(C)(C)NC(=O)C12CC(C(=O)O)(C1)C2. The zero-order chi connectivity index (χ0) is 11.5. The van der Waals surface area contributed by atoms with E-state index in [-0.39, 0.29) is 16.9 Å². The van der Waals surface area contributed by atoms with E-state index in [2.05, 4.69) is 5.32 Å². The molecule has 3 aliphatic rings. The van der Waals surface area contributed by atoms with E-state index in [0.29, 0.717) is 19.3 Å². The van der Waals surface area contributed by atoms with Crippen molar-refractivity contribution in [2.75, 3.05) is 0 Å². The molecule has 0 spiro atoms. The highest BCUT2D eigenvalue weighted by atomic mass is 16.4. The van der Waals surface area contributed by atoms with Crippen LogP contribution in [-0.4, -0.2) is 22.5 Å². The lowest BCUT2D eigenvalue weighted by Crippen LogP contribution is -2.71. The zero-order valence-corrected chi connectivity index (χ0v) is 9.39. The second-order valence-electron chi connectivity index (χ2n) is 6.10. The van der Waals surface area contributed by atoms with Crippen LogP contribution >= 0.6 is 0 Å². The van der Waals surface area contributed by atoms with Gasteiger partial charge in [0.05, 0.1) is 10.8 Å². The Morgan fingerprint density at radius 1 is 1.13 bits per heavy atom. The summed E-state index contributed by atoms with van der Waals surface area (Å²) in [5.41, 5.74) is -1.15. The molecule has 0 aromatic heterocycles. The van der Waals surface area contributed by atoms with Gasteiger partial charge in [-0.1, -0.05) is 0 Å². The molecule has 3 fully saturated rings.